The average Bonchev–Trinajstić information content (AvgIpc) is 2.36. The van der Waals surface area contributed by atoms with Crippen molar-refractivity contribution in [3.63, 3.8) is 0 Å². The highest BCUT2D eigenvalue weighted by molar-refractivity contribution is 5.20. The summed E-state index contributed by atoms with van der Waals surface area (Å²) in [7, 11) is 1.77. The largest absolute Gasteiger partial charge is 0.372 e. The molecule has 0 aliphatic carbocycles. The minimum Gasteiger partial charge on any atom is -0.372 e. The van der Waals surface area contributed by atoms with Crippen LogP contribution < -0.4 is 0 Å². The van der Waals surface area contributed by atoms with Crippen molar-refractivity contribution >= 4 is 0 Å². The van der Waals surface area contributed by atoms with Crippen molar-refractivity contribution in [1.82, 2.24) is 9.78 Å². The first kappa shape index (κ1) is 7.83. The summed E-state index contributed by atoms with van der Waals surface area (Å²) in [5.41, 5.74) is -0.746. The van der Waals surface area contributed by atoms with Gasteiger partial charge in [-0.1, -0.05) is 5.92 Å². The van der Waals surface area contributed by atoms with Crippen molar-refractivity contribution in [2.45, 2.75) is 12.5 Å². The Hall–Kier alpha value is -1.27. The molecule has 58 valence electrons. The van der Waals surface area contributed by atoms with Crippen LogP contribution >= 0.6 is 0 Å². The molecule has 0 aliphatic rings. The van der Waals surface area contributed by atoms with Gasteiger partial charge in [-0.3, -0.25) is 4.68 Å². The second-order valence-corrected chi connectivity index (χ2v) is 2.59. The third-order valence-electron chi connectivity index (χ3n) is 1.49. The predicted molar refractivity (Wildman–Crippen MR) is 41.6 cm³/mol. The molecular formula is C8H10N2O. The number of hydrogen-bond donors (Lipinski definition) is 1. The summed E-state index contributed by atoms with van der Waals surface area (Å²) >= 11 is 0. The minimum atomic E-state index is -1.25. The molecule has 0 unspecified atom stereocenters. The first-order chi connectivity index (χ1) is 5.06. The van der Waals surface area contributed by atoms with Gasteiger partial charge in [0.15, 0.2) is 5.60 Å². The van der Waals surface area contributed by atoms with Gasteiger partial charge in [0, 0.05) is 13.2 Å². The van der Waals surface area contributed by atoms with Crippen molar-refractivity contribution in [3.05, 3.63) is 18.0 Å². The van der Waals surface area contributed by atoms with Gasteiger partial charge in [0.05, 0.1) is 0 Å². The zero-order valence-corrected chi connectivity index (χ0v) is 6.57. The van der Waals surface area contributed by atoms with Crippen LogP contribution in [0, 0.1) is 12.3 Å². The Bertz CT molecular complexity index is 293. The summed E-state index contributed by atoms with van der Waals surface area (Å²) in [6, 6.07) is 1.69. The summed E-state index contributed by atoms with van der Waals surface area (Å²) in [4.78, 5) is 0. The van der Waals surface area contributed by atoms with Crippen molar-refractivity contribution < 1.29 is 5.11 Å². The van der Waals surface area contributed by atoms with Crippen LogP contribution in [-0.2, 0) is 12.6 Å². The Balaban J connectivity index is 3.04. The van der Waals surface area contributed by atoms with Crippen LogP contribution in [0.25, 0.3) is 0 Å². The molecule has 1 rings (SSSR count). The van der Waals surface area contributed by atoms with E-state index in [-0.39, 0.29) is 0 Å². The molecule has 11 heavy (non-hydrogen) atoms. The number of rotatable bonds is 1. The van der Waals surface area contributed by atoms with E-state index in [0.29, 0.717) is 5.69 Å². The molecule has 1 heterocycles. The smallest absolute Gasteiger partial charge is 0.166 e. The maximum Gasteiger partial charge on any atom is 0.166 e. The molecule has 0 aromatic carbocycles. The van der Waals surface area contributed by atoms with Crippen LogP contribution in [0.4, 0.5) is 0 Å². The highest BCUT2D eigenvalue weighted by atomic mass is 16.3. The molecule has 0 spiro atoms. The Labute approximate surface area is 65.7 Å². The van der Waals surface area contributed by atoms with E-state index in [0.717, 1.165) is 0 Å². The molecule has 1 N–H and O–H groups in total. The number of terminal acetylenes is 1. The number of nitrogens with zero attached hydrogens (tertiary/aromatic N) is 2. The topological polar surface area (TPSA) is 38.0 Å². The zero-order chi connectivity index (χ0) is 8.48. The molecule has 0 fully saturated rings. The van der Waals surface area contributed by atoms with E-state index >= 15 is 0 Å². The lowest BCUT2D eigenvalue weighted by atomic mass is 10.1. The quantitative estimate of drug-likeness (QED) is 0.583. The SMILES string of the molecule is C#C[C@@](C)(O)c1ccn(C)n1. The molecule has 1 aromatic heterocycles. The highest BCUT2D eigenvalue weighted by Gasteiger charge is 2.21. The van der Waals surface area contributed by atoms with Crippen LogP contribution in [0.2, 0.25) is 0 Å². The summed E-state index contributed by atoms with van der Waals surface area (Å²) in [5, 5.41) is 13.5. The lowest BCUT2D eigenvalue weighted by Crippen LogP contribution is -2.19. The molecule has 0 bridgehead atoms. The molecule has 1 atom stereocenters. The van der Waals surface area contributed by atoms with E-state index in [4.69, 9.17) is 6.42 Å². The maximum atomic E-state index is 9.50. The number of aryl methyl sites for hydroxylation is 1. The molecule has 1 aromatic rings. The number of aromatic nitrogens is 2. The summed E-state index contributed by atoms with van der Waals surface area (Å²) in [6.45, 7) is 1.54. The Morgan fingerprint density at radius 3 is 2.82 bits per heavy atom. The summed E-state index contributed by atoms with van der Waals surface area (Å²) in [5.74, 6) is 2.25. The van der Waals surface area contributed by atoms with Crippen molar-refractivity contribution in [2.24, 2.45) is 7.05 Å². The molecule has 0 saturated heterocycles. The minimum absolute atomic E-state index is 0.502. The van der Waals surface area contributed by atoms with Gasteiger partial charge in [0.2, 0.25) is 0 Å². The Kier molecular flexibility index (Phi) is 1.71. The van der Waals surface area contributed by atoms with Gasteiger partial charge in [-0.15, -0.1) is 6.42 Å². The number of aliphatic hydroxyl groups is 1. The maximum absolute atomic E-state index is 9.50. The van der Waals surface area contributed by atoms with E-state index in [1.54, 1.807) is 24.0 Å². The molecular weight excluding hydrogens is 140 g/mol. The molecule has 0 amide bonds. The van der Waals surface area contributed by atoms with Crippen LogP contribution in [0.15, 0.2) is 12.3 Å². The normalized spacial score (nSPS) is 15.5. The fraction of sp³-hybridized carbons (Fsp3) is 0.375. The van der Waals surface area contributed by atoms with Crippen molar-refractivity contribution in [3.8, 4) is 12.3 Å². The van der Waals surface area contributed by atoms with Crippen LogP contribution in [-0.4, -0.2) is 14.9 Å². The summed E-state index contributed by atoms with van der Waals surface area (Å²) in [6.07, 6.45) is 6.84. The van der Waals surface area contributed by atoms with Gasteiger partial charge in [0.1, 0.15) is 5.69 Å². The predicted octanol–water partition coefficient (Wildman–Crippen LogP) is 0.261. The van der Waals surface area contributed by atoms with Gasteiger partial charge in [-0.05, 0) is 13.0 Å². The lowest BCUT2D eigenvalue weighted by molar-refractivity contribution is 0.116. The standard InChI is InChI=1S/C8H10N2O/c1-4-8(2,11)7-5-6-10(3)9-7/h1,5-6,11H,2-3H3/t8-/m1/s1. The van der Waals surface area contributed by atoms with Crippen molar-refractivity contribution in [1.29, 1.82) is 0 Å². The second kappa shape index (κ2) is 2.40. The van der Waals surface area contributed by atoms with Crippen LogP contribution in [0.1, 0.15) is 12.6 Å². The van der Waals surface area contributed by atoms with Gasteiger partial charge in [-0.2, -0.15) is 5.10 Å². The monoisotopic (exact) mass is 150 g/mol. The van der Waals surface area contributed by atoms with Gasteiger partial charge in [-0.25, -0.2) is 0 Å². The molecule has 0 radical (unpaired) electrons. The fourth-order valence-electron chi connectivity index (χ4n) is 0.749. The molecule has 3 nitrogen and oxygen atoms in total. The third-order valence-corrected chi connectivity index (χ3v) is 1.49. The van der Waals surface area contributed by atoms with Gasteiger partial charge in [0.25, 0.3) is 0 Å². The first-order valence-electron chi connectivity index (χ1n) is 3.26. The summed E-state index contributed by atoms with van der Waals surface area (Å²) < 4.78 is 1.60. The first-order valence-corrected chi connectivity index (χ1v) is 3.26. The van der Waals surface area contributed by atoms with Gasteiger partial charge < -0.3 is 5.11 Å². The van der Waals surface area contributed by atoms with E-state index < -0.39 is 5.60 Å². The average molecular weight is 150 g/mol. The van der Waals surface area contributed by atoms with E-state index in [1.807, 2.05) is 0 Å². The van der Waals surface area contributed by atoms with Crippen molar-refractivity contribution in [2.75, 3.05) is 0 Å². The van der Waals surface area contributed by atoms with Crippen LogP contribution in [0.5, 0.6) is 0 Å². The molecule has 0 saturated carbocycles. The second-order valence-electron chi connectivity index (χ2n) is 2.59. The fourth-order valence-corrected chi connectivity index (χ4v) is 0.749. The van der Waals surface area contributed by atoms with E-state index in [1.165, 1.54) is 6.92 Å². The Morgan fingerprint density at radius 2 is 2.45 bits per heavy atom. The molecule has 0 aliphatic heterocycles. The lowest BCUT2D eigenvalue weighted by Gasteiger charge is -2.11. The van der Waals surface area contributed by atoms with Gasteiger partial charge >= 0.3 is 0 Å². The zero-order valence-electron chi connectivity index (χ0n) is 6.57. The van der Waals surface area contributed by atoms with Crippen LogP contribution in [0.3, 0.4) is 0 Å². The van der Waals surface area contributed by atoms with E-state index in [9.17, 15) is 5.11 Å². The number of hydrogen-bond acceptors (Lipinski definition) is 2. The third kappa shape index (κ3) is 1.41. The highest BCUT2D eigenvalue weighted by Crippen LogP contribution is 2.15. The Morgan fingerprint density at radius 1 is 1.82 bits per heavy atom. The molecule has 3 heteroatoms. The van der Waals surface area contributed by atoms with E-state index in [2.05, 4.69) is 11.0 Å².